The third kappa shape index (κ3) is 5.12. The maximum Gasteiger partial charge on any atom is 0.348 e. The zero-order valence-electron chi connectivity index (χ0n) is 17.8. The number of hydrogen-bond donors (Lipinski definition) is 0. The van der Waals surface area contributed by atoms with Crippen molar-refractivity contribution in [3.8, 4) is 11.6 Å². The van der Waals surface area contributed by atoms with Crippen LogP contribution in [0.1, 0.15) is 28.0 Å². The minimum atomic E-state index is -0.472. The number of rotatable bonds is 8. The Labute approximate surface area is 197 Å². The van der Waals surface area contributed by atoms with Gasteiger partial charge in [0.2, 0.25) is 5.88 Å². The SMILES string of the molecule is CCOC(=O)c1sc2nc(CSc3ccccc3)nc(Oc3ccc([N+](=O)[O-])cc3)c2c1C. The Hall–Kier alpha value is -3.50. The lowest BCUT2D eigenvalue weighted by Gasteiger charge is -2.09. The molecule has 0 fully saturated rings. The van der Waals surface area contributed by atoms with Crippen LogP contribution in [0.15, 0.2) is 59.5 Å². The molecule has 0 spiro atoms. The number of fused-ring (bicyclic) bond motifs is 1. The summed E-state index contributed by atoms with van der Waals surface area (Å²) in [4.78, 5) is 34.3. The van der Waals surface area contributed by atoms with Crippen molar-refractivity contribution in [2.75, 3.05) is 6.61 Å². The van der Waals surface area contributed by atoms with Gasteiger partial charge in [-0.05, 0) is 43.7 Å². The van der Waals surface area contributed by atoms with Gasteiger partial charge in [0.15, 0.2) is 0 Å². The van der Waals surface area contributed by atoms with Crippen molar-refractivity contribution in [1.82, 2.24) is 9.97 Å². The van der Waals surface area contributed by atoms with Gasteiger partial charge in [-0.1, -0.05) is 18.2 Å². The van der Waals surface area contributed by atoms with Gasteiger partial charge in [0.1, 0.15) is 21.3 Å². The number of nitro benzene ring substituents is 1. The molecule has 0 saturated carbocycles. The number of aromatic nitrogens is 2. The zero-order valence-corrected chi connectivity index (χ0v) is 19.4. The summed E-state index contributed by atoms with van der Waals surface area (Å²) in [6, 6.07) is 15.6. The molecule has 168 valence electrons. The molecule has 0 unspecified atom stereocenters. The molecule has 0 saturated heterocycles. The third-order valence-corrected chi connectivity index (χ3v) is 6.81. The van der Waals surface area contributed by atoms with E-state index in [0.717, 1.165) is 4.90 Å². The van der Waals surface area contributed by atoms with E-state index in [1.54, 1.807) is 25.6 Å². The van der Waals surface area contributed by atoms with Gasteiger partial charge in [0, 0.05) is 17.0 Å². The van der Waals surface area contributed by atoms with E-state index in [1.165, 1.54) is 35.6 Å². The number of carbonyl (C=O) groups is 1. The second kappa shape index (κ2) is 9.97. The number of ether oxygens (including phenoxy) is 2. The van der Waals surface area contributed by atoms with Crippen molar-refractivity contribution >= 4 is 45.0 Å². The molecule has 0 aliphatic carbocycles. The molecule has 0 aliphatic heterocycles. The molecule has 8 nitrogen and oxygen atoms in total. The number of thioether (sulfide) groups is 1. The molecular formula is C23H19N3O5S2. The van der Waals surface area contributed by atoms with Gasteiger partial charge >= 0.3 is 5.97 Å². The molecule has 2 heterocycles. The molecule has 10 heteroatoms. The Kier molecular flexibility index (Phi) is 6.85. The zero-order chi connectivity index (χ0) is 23.4. The van der Waals surface area contributed by atoms with Crippen molar-refractivity contribution in [2.24, 2.45) is 0 Å². The van der Waals surface area contributed by atoms with Crippen LogP contribution in [-0.2, 0) is 10.5 Å². The predicted molar refractivity (Wildman–Crippen MR) is 127 cm³/mol. The smallest absolute Gasteiger partial charge is 0.348 e. The van der Waals surface area contributed by atoms with Gasteiger partial charge < -0.3 is 9.47 Å². The van der Waals surface area contributed by atoms with Crippen LogP contribution in [0.2, 0.25) is 0 Å². The van der Waals surface area contributed by atoms with Crippen LogP contribution in [0.25, 0.3) is 10.2 Å². The highest BCUT2D eigenvalue weighted by atomic mass is 32.2. The first-order chi connectivity index (χ1) is 16.0. The lowest BCUT2D eigenvalue weighted by molar-refractivity contribution is -0.384. The van der Waals surface area contributed by atoms with Gasteiger partial charge in [-0.3, -0.25) is 10.1 Å². The van der Waals surface area contributed by atoms with E-state index in [1.807, 2.05) is 30.3 Å². The second-order valence-corrected chi connectivity index (χ2v) is 8.90. The molecule has 2 aromatic heterocycles. The first-order valence-electron chi connectivity index (χ1n) is 10.0. The maximum atomic E-state index is 12.4. The molecule has 0 amide bonds. The number of benzene rings is 2. The molecule has 2 aromatic carbocycles. The van der Waals surface area contributed by atoms with Crippen molar-refractivity contribution < 1.29 is 19.2 Å². The van der Waals surface area contributed by atoms with E-state index in [4.69, 9.17) is 9.47 Å². The van der Waals surface area contributed by atoms with Crippen molar-refractivity contribution in [3.05, 3.63) is 81.0 Å². The van der Waals surface area contributed by atoms with Gasteiger partial charge in [-0.15, -0.1) is 23.1 Å². The fourth-order valence-electron chi connectivity index (χ4n) is 3.09. The Balaban J connectivity index is 1.73. The summed E-state index contributed by atoms with van der Waals surface area (Å²) < 4.78 is 11.2. The molecule has 0 atom stereocenters. The van der Waals surface area contributed by atoms with Gasteiger partial charge in [0.05, 0.1) is 22.7 Å². The Morgan fingerprint density at radius 1 is 1.12 bits per heavy atom. The first-order valence-corrected chi connectivity index (χ1v) is 11.8. The number of carbonyl (C=O) groups excluding carboxylic acids is 1. The summed E-state index contributed by atoms with van der Waals surface area (Å²) >= 11 is 2.82. The number of hydrogen-bond acceptors (Lipinski definition) is 9. The predicted octanol–water partition coefficient (Wildman–Crippen LogP) is 6.17. The molecule has 0 N–H and O–H groups in total. The molecule has 0 radical (unpaired) electrons. The summed E-state index contributed by atoms with van der Waals surface area (Å²) in [6.45, 7) is 3.82. The minimum absolute atomic E-state index is 0.0357. The number of aryl methyl sites for hydroxylation is 1. The van der Waals surface area contributed by atoms with Gasteiger partial charge in [-0.2, -0.15) is 4.98 Å². The van der Waals surface area contributed by atoms with Crippen LogP contribution in [0.5, 0.6) is 11.6 Å². The fourth-order valence-corrected chi connectivity index (χ4v) is 4.94. The topological polar surface area (TPSA) is 104 Å². The van der Waals surface area contributed by atoms with Crippen molar-refractivity contribution in [3.63, 3.8) is 0 Å². The number of non-ortho nitro benzene ring substituents is 1. The largest absolute Gasteiger partial charge is 0.462 e. The van der Waals surface area contributed by atoms with E-state index < -0.39 is 10.9 Å². The number of nitro groups is 1. The molecule has 0 bridgehead atoms. The lowest BCUT2D eigenvalue weighted by Crippen LogP contribution is -2.03. The lowest BCUT2D eigenvalue weighted by atomic mass is 10.2. The molecule has 4 rings (SSSR count). The second-order valence-electron chi connectivity index (χ2n) is 6.86. The van der Waals surface area contributed by atoms with Crippen molar-refractivity contribution in [1.29, 1.82) is 0 Å². The quantitative estimate of drug-likeness (QED) is 0.127. The van der Waals surface area contributed by atoms with Crippen molar-refractivity contribution in [2.45, 2.75) is 24.5 Å². The average Bonchev–Trinajstić information content (AvgIpc) is 3.15. The van der Waals surface area contributed by atoms with Gasteiger partial charge in [-0.25, -0.2) is 9.78 Å². The summed E-state index contributed by atoms with van der Waals surface area (Å²) in [6.07, 6.45) is 0. The maximum absolute atomic E-state index is 12.4. The standard InChI is InChI=1S/C23H19N3O5S2/c1-3-30-23(27)20-14(2)19-21(31-16-11-9-15(10-12-16)26(28)29)24-18(25-22(19)33-20)13-32-17-7-5-4-6-8-17/h4-12H,3,13H2,1-2H3. The molecule has 33 heavy (non-hydrogen) atoms. The number of thiophene rings is 1. The fraction of sp³-hybridized carbons (Fsp3) is 0.174. The van der Waals surface area contributed by atoms with Crippen LogP contribution >= 0.6 is 23.1 Å². The van der Waals surface area contributed by atoms with E-state index in [-0.39, 0.29) is 12.3 Å². The monoisotopic (exact) mass is 481 g/mol. The highest BCUT2D eigenvalue weighted by molar-refractivity contribution is 7.98. The van der Waals surface area contributed by atoms with Crippen LogP contribution < -0.4 is 4.74 Å². The van der Waals surface area contributed by atoms with Crippen LogP contribution in [0.3, 0.4) is 0 Å². The van der Waals surface area contributed by atoms with E-state index in [0.29, 0.717) is 43.9 Å². The molecular weight excluding hydrogens is 462 g/mol. The summed E-state index contributed by atoms with van der Waals surface area (Å²) in [7, 11) is 0. The highest BCUT2D eigenvalue weighted by Crippen LogP contribution is 2.38. The summed E-state index contributed by atoms with van der Waals surface area (Å²) in [5.41, 5.74) is 0.638. The van der Waals surface area contributed by atoms with Crippen LogP contribution in [-0.4, -0.2) is 27.5 Å². The number of nitrogens with zero attached hydrogens (tertiary/aromatic N) is 3. The third-order valence-electron chi connectivity index (χ3n) is 4.64. The normalized spacial score (nSPS) is 10.8. The average molecular weight is 482 g/mol. The minimum Gasteiger partial charge on any atom is -0.462 e. The van der Waals surface area contributed by atoms with Crippen LogP contribution in [0.4, 0.5) is 5.69 Å². The van der Waals surface area contributed by atoms with E-state index in [2.05, 4.69) is 9.97 Å². The summed E-state index contributed by atoms with van der Waals surface area (Å²) in [5, 5.41) is 11.6. The Morgan fingerprint density at radius 3 is 2.52 bits per heavy atom. The van der Waals surface area contributed by atoms with Crippen LogP contribution in [0, 0.1) is 17.0 Å². The van der Waals surface area contributed by atoms with E-state index >= 15 is 0 Å². The molecule has 4 aromatic rings. The van der Waals surface area contributed by atoms with Gasteiger partial charge in [0.25, 0.3) is 5.69 Å². The number of esters is 1. The highest BCUT2D eigenvalue weighted by Gasteiger charge is 2.23. The first kappa shape index (κ1) is 22.7. The van der Waals surface area contributed by atoms with E-state index in [9.17, 15) is 14.9 Å². The molecule has 0 aliphatic rings. The summed E-state index contributed by atoms with van der Waals surface area (Å²) in [5.74, 6) is 1.32. The Bertz CT molecular complexity index is 1310. The Morgan fingerprint density at radius 2 is 1.85 bits per heavy atom.